The van der Waals surface area contributed by atoms with E-state index in [1.54, 1.807) is 7.11 Å². The molecule has 1 aliphatic heterocycles. The Balaban J connectivity index is 0.00000128. The number of benzene rings is 1. The van der Waals surface area contributed by atoms with E-state index < -0.39 is 0 Å². The second-order valence-corrected chi connectivity index (χ2v) is 3.89. The van der Waals surface area contributed by atoms with E-state index >= 15 is 0 Å². The van der Waals surface area contributed by atoms with Crippen molar-refractivity contribution < 1.29 is 9.84 Å². The van der Waals surface area contributed by atoms with E-state index in [4.69, 9.17) is 4.74 Å². The Morgan fingerprint density at radius 2 is 2.25 bits per heavy atom. The third-order valence-electron chi connectivity index (χ3n) is 3.01. The molecule has 1 aliphatic rings. The number of ether oxygens (including phenoxy) is 1. The van der Waals surface area contributed by atoms with Gasteiger partial charge in [-0.1, -0.05) is 6.92 Å². The number of phenolic OH excluding ortho intramolecular Hbond substituents is 1. The van der Waals surface area contributed by atoms with Crippen molar-refractivity contribution >= 4 is 12.4 Å². The van der Waals surface area contributed by atoms with Gasteiger partial charge in [0.15, 0.2) is 11.5 Å². The highest BCUT2D eigenvalue weighted by molar-refractivity contribution is 5.85. The van der Waals surface area contributed by atoms with E-state index in [0.29, 0.717) is 11.8 Å². The van der Waals surface area contributed by atoms with Gasteiger partial charge in [-0.25, -0.2) is 0 Å². The number of nitrogens with one attached hydrogen (secondary N) is 1. The minimum atomic E-state index is 0. The molecular weight excluding hydrogens is 226 g/mol. The Morgan fingerprint density at radius 3 is 2.88 bits per heavy atom. The van der Waals surface area contributed by atoms with Crippen LogP contribution < -0.4 is 10.1 Å². The van der Waals surface area contributed by atoms with Crippen LogP contribution in [0.5, 0.6) is 11.5 Å². The molecule has 1 unspecified atom stereocenters. The van der Waals surface area contributed by atoms with Crippen molar-refractivity contribution in [3.05, 3.63) is 23.3 Å². The SMILES string of the molecule is CCC1NCCc2cc(OC)c(O)cc21.Cl. The largest absolute Gasteiger partial charge is 0.504 e. The van der Waals surface area contributed by atoms with Crippen molar-refractivity contribution in [1.82, 2.24) is 5.32 Å². The summed E-state index contributed by atoms with van der Waals surface area (Å²) in [5.74, 6) is 0.809. The molecule has 1 aromatic carbocycles. The molecule has 0 aliphatic carbocycles. The van der Waals surface area contributed by atoms with Gasteiger partial charge in [-0.2, -0.15) is 0 Å². The average Bonchev–Trinajstić information content (AvgIpc) is 2.27. The Hall–Kier alpha value is -0.930. The van der Waals surface area contributed by atoms with Crippen molar-refractivity contribution in [2.24, 2.45) is 0 Å². The standard InChI is InChI=1S/C12H17NO2.ClH/c1-3-10-9-7-11(14)12(15-2)6-8(9)4-5-13-10;/h6-7,10,13-14H,3-5H2,1-2H3;1H. The maximum Gasteiger partial charge on any atom is 0.160 e. The molecular formula is C12H18ClNO2. The molecule has 2 N–H and O–H groups in total. The van der Waals surface area contributed by atoms with Crippen LogP contribution in [0.1, 0.15) is 30.5 Å². The number of methoxy groups -OCH3 is 1. The molecule has 0 spiro atoms. The third kappa shape index (κ3) is 2.25. The zero-order valence-electron chi connectivity index (χ0n) is 9.62. The molecule has 2 rings (SSSR count). The van der Waals surface area contributed by atoms with Crippen molar-refractivity contribution in [3.8, 4) is 11.5 Å². The first-order valence-corrected chi connectivity index (χ1v) is 5.39. The predicted molar refractivity (Wildman–Crippen MR) is 66.6 cm³/mol. The molecule has 16 heavy (non-hydrogen) atoms. The van der Waals surface area contributed by atoms with Gasteiger partial charge in [0.25, 0.3) is 0 Å². The fourth-order valence-corrected chi connectivity index (χ4v) is 2.19. The molecule has 1 atom stereocenters. The van der Waals surface area contributed by atoms with Gasteiger partial charge in [0.2, 0.25) is 0 Å². The van der Waals surface area contributed by atoms with Crippen LogP contribution in [0, 0.1) is 0 Å². The van der Waals surface area contributed by atoms with Crippen LogP contribution in [-0.2, 0) is 6.42 Å². The van der Waals surface area contributed by atoms with Gasteiger partial charge in [-0.3, -0.25) is 0 Å². The Morgan fingerprint density at radius 1 is 1.50 bits per heavy atom. The van der Waals surface area contributed by atoms with Crippen LogP contribution in [0.2, 0.25) is 0 Å². The fraction of sp³-hybridized carbons (Fsp3) is 0.500. The lowest BCUT2D eigenvalue weighted by Crippen LogP contribution is -2.29. The number of rotatable bonds is 2. The Bertz CT molecular complexity index is 368. The number of aromatic hydroxyl groups is 1. The number of hydrogen-bond acceptors (Lipinski definition) is 3. The number of halogens is 1. The van der Waals surface area contributed by atoms with Gasteiger partial charge in [-0.15, -0.1) is 12.4 Å². The average molecular weight is 244 g/mol. The van der Waals surface area contributed by atoms with E-state index in [1.807, 2.05) is 12.1 Å². The van der Waals surface area contributed by atoms with Crippen LogP contribution in [0.4, 0.5) is 0 Å². The molecule has 0 saturated carbocycles. The van der Waals surface area contributed by atoms with Gasteiger partial charge in [0.1, 0.15) is 0 Å². The normalized spacial score (nSPS) is 18.5. The van der Waals surface area contributed by atoms with Crippen LogP contribution >= 0.6 is 12.4 Å². The monoisotopic (exact) mass is 243 g/mol. The molecule has 0 bridgehead atoms. The fourth-order valence-electron chi connectivity index (χ4n) is 2.19. The zero-order chi connectivity index (χ0) is 10.8. The predicted octanol–water partition coefficient (Wildman–Crippen LogP) is 2.42. The zero-order valence-corrected chi connectivity index (χ0v) is 10.4. The maximum absolute atomic E-state index is 9.73. The number of hydrogen-bond donors (Lipinski definition) is 2. The highest BCUT2D eigenvalue weighted by atomic mass is 35.5. The summed E-state index contributed by atoms with van der Waals surface area (Å²) in [4.78, 5) is 0. The Kier molecular flexibility index (Phi) is 4.44. The lowest BCUT2D eigenvalue weighted by Gasteiger charge is -2.26. The Labute approximate surface area is 102 Å². The van der Waals surface area contributed by atoms with Crippen LogP contribution in [0.15, 0.2) is 12.1 Å². The molecule has 0 radical (unpaired) electrons. The van der Waals surface area contributed by atoms with Crippen molar-refractivity contribution in [3.63, 3.8) is 0 Å². The summed E-state index contributed by atoms with van der Waals surface area (Å²) >= 11 is 0. The number of phenols is 1. The summed E-state index contributed by atoms with van der Waals surface area (Å²) in [5.41, 5.74) is 2.50. The molecule has 1 heterocycles. The first-order valence-electron chi connectivity index (χ1n) is 5.39. The van der Waals surface area contributed by atoms with Gasteiger partial charge >= 0.3 is 0 Å². The van der Waals surface area contributed by atoms with E-state index in [1.165, 1.54) is 11.1 Å². The van der Waals surface area contributed by atoms with Gasteiger partial charge < -0.3 is 15.2 Å². The smallest absolute Gasteiger partial charge is 0.160 e. The van der Waals surface area contributed by atoms with Gasteiger partial charge in [-0.05, 0) is 42.6 Å². The highest BCUT2D eigenvalue weighted by Gasteiger charge is 2.20. The van der Waals surface area contributed by atoms with E-state index in [0.717, 1.165) is 19.4 Å². The minimum absolute atomic E-state index is 0. The quantitative estimate of drug-likeness (QED) is 0.838. The second-order valence-electron chi connectivity index (χ2n) is 3.89. The summed E-state index contributed by atoms with van der Waals surface area (Å²) < 4.78 is 5.11. The summed E-state index contributed by atoms with van der Waals surface area (Å²) in [6.07, 6.45) is 2.04. The lowest BCUT2D eigenvalue weighted by atomic mass is 9.92. The van der Waals surface area contributed by atoms with Crippen LogP contribution in [0.25, 0.3) is 0 Å². The van der Waals surface area contributed by atoms with Crippen molar-refractivity contribution in [2.75, 3.05) is 13.7 Å². The molecule has 0 aromatic heterocycles. The topological polar surface area (TPSA) is 41.5 Å². The summed E-state index contributed by atoms with van der Waals surface area (Å²) in [6.45, 7) is 3.15. The molecule has 0 amide bonds. The van der Waals surface area contributed by atoms with Gasteiger partial charge in [0, 0.05) is 6.04 Å². The van der Waals surface area contributed by atoms with Crippen LogP contribution in [-0.4, -0.2) is 18.8 Å². The lowest BCUT2D eigenvalue weighted by molar-refractivity contribution is 0.370. The maximum atomic E-state index is 9.73. The first-order chi connectivity index (χ1) is 7.26. The first kappa shape index (κ1) is 13.1. The van der Waals surface area contributed by atoms with E-state index in [9.17, 15) is 5.11 Å². The van der Waals surface area contributed by atoms with E-state index in [-0.39, 0.29) is 18.2 Å². The second kappa shape index (κ2) is 5.41. The summed E-state index contributed by atoms with van der Waals surface area (Å²) in [6, 6.07) is 4.15. The van der Waals surface area contributed by atoms with Crippen molar-refractivity contribution in [2.45, 2.75) is 25.8 Å². The molecule has 90 valence electrons. The van der Waals surface area contributed by atoms with E-state index in [2.05, 4.69) is 12.2 Å². The third-order valence-corrected chi connectivity index (χ3v) is 3.01. The molecule has 0 fully saturated rings. The number of fused-ring (bicyclic) bond motifs is 1. The molecule has 3 nitrogen and oxygen atoms in total. The molecule has 0 saturated heterocycles. The van der Waals surface area contributed by atoms with Gasteiger partial charge in [0.05, 0.1) is 7.11 Å². The highest BCUT2D eigenvalue weighted by Crippen LogP contribution is 2.35. The van der Waals surface area contributed by atoms with Crippen LogP contribution in [0.3, 0.4) is 0 Å². The van der Waals surface area contributed by atoms with Crippen molar-refractivity contribution in [1.29, 1.82) is 0 Å². The minimum Gasteiger partial charge on any atom is -0.504 e. The molecule has 1 aromatic rings. The molecule has 4 heteroatoms. The summed E-state index contributed by atoms with van der Waals surface area (Å²) in [7, 11) is 1.58. The summed E-state index contributed by atoms with van der Waals surface area (Å²) in [5, 5.41) is 13.2.